The second-order valence-electron chi connectivity index (χ2n) is 3.73. The van der Waals surface area contributed by atoms with Crippen LogP contribution in [0.3, 0.4) is 0 Å². The van der Waals surface area contributed by atoms with Gasteiger partial charge in [-0.1, -0.05) is 19.3 Å². The van der Waals surface area contributed by atoms with E-state index in [1.165, 1.54) is 32.1 Å². The third-order valence-corrected chi connectivity index (χ3v) is 2.86. The molecule has 1 rings (SSSR count). The lowest BCUT2D eigenvalue weighted by Gasteiger charge is -2.27. The minimum atomic E-state index is 0.498. The van der Waals surface area contributed by atoms with Crippen molar-refractivity contribution >= 4 is 0 Å². The molecule has 1 aliphatic rings. The standard InChI is InChI=1S/C10H18N2/c1-9(12-8-7-11)10-5-3-2-4-6-10/h9-10,12H,2-6,8H2,1H3/t9-/m0/s1. The average molecular weight is 166 g/mol. The fraction of sp³-hybridized carbons (Fsp3) is 0.900. The SMILES string of the molecule is C[C@H](NCC#N)C1CCCCC1. The molecule has 2 heteroatoms. The predicted molar refractivity (Wildman–Crippen MR) is 49.7 cm³/mol. The van der Waals surface area contributed by atoms with E-state index in [4.69, 9.17) is 5.26 Å². The third-order valence-electron chi connectivity index (χ3n) is 2.86. The Hall–Kier alpha value is -0.550. The van der Waals surface area contributed by atoms with E-state index in [9.17, 15) is 0 Å². The molecule has 0 spiro atoms. The van der Waals surface area contributed by atoms with Crippen molar-refractivity contribution in [3.05, 3.63) is 0 Å². The molecule has 1 fully saturated rings. The van der Waals surface area contributed by atoms with Gasteiger partial charge in [-0.3, -0.25) is 0 Å². The first-order valence-electron chi connectivity index (χ1n) is 4.95. The van der Waals surface area contributed by atoms with Crippen LogP contribution in [0.4, 0.5) is 0 Å². The van der Waals surface area contributed by atoms with Crippen LogP contribution in [0.5, 0.6) is 0 Å². The second kappa shape index (κ2) is 5.16. The molecule has 0 bridgehead atoms. The van der Waals surface area contributed by atoms with E-state index >= 15 is 0 Å². The average Bonchev–Trinajstić information content (AvgIpc) is 2.15. The van der Waals surface area contributed by atoms with Crippen LogP contribution in [-0.2, 0) is 0 Å². The van der Waals surface area contributed by atoms with E-state index in [1.807, 2.05) is 0 Å². The molecule has 1 N–H and O–H groups in total. The van der Waals surface area contributed by atoms with Crippen LogP contribution in [0.15, 0.2) is 0 Å². The Labute approximate surface area is 75.0 Å². The Morgan fingerprint density at radius 1 is 1.42 bits per heavy atom. The number of nitriles is 1. The minimum absolute atomic E-state index is 0.498. The lowest BCUT2D eigenvalue weighted by molar-refractivity contribution is 0.287. The van der Waals surface area contributed by atoms with Crippen LogP contribution in [-0.4, -0.2) is 12.6 Å². The summed E-state index contributed by atoms with van der Waals surface area (Å²) in [6, 6.07) is 2.66. The monoisotopic (exact) mass is 166 g/mol. The lowest BCUT2D eigenvalue weighted by atomic mass is 9.84. The van der Waals surface area contributed by atoms with Crippen molar-refractivity contribution < 1.29 is 0 Å². The van der Waals surface area contributed by atoms with Crippen molar-refractivity contribution in [2.24, 2.45) is 5.92 Å². The van der Waals surface area contributed by atoms with Gasteiger partial charge in [0.25, 0.3) is 0 Å². The van der Waals surface area contributed by atoms with E-state index in [1.54, 1.807) is 0 Å². The van der Waals surface area contributed by atoms with Crippen LogP contribution < -0.4 is 5.32 Å². The summed E-state index contributed by atoms with van der Waals surface area (Å²) in [6.45, 7) is 2.70. The summed E-state index contributed by atoms with van der Waals surface area (Å²) in [5.41, 5.74) is 0. The molecular formula is C10H18N2. The van der Waals surface area contributed by atoms with Crippen molar-refractivity contribution in [1.82, 2.24) is 5.32 Å². The fourth-order valence-electron chi connectivity index (χ4n) is 2.01. The molecular weight excluding hydrogens is 148 g/mol. The summed E-state index contributed by atoms with van der Waals surface area (Å²) in [7, 11) is 0. The summed E-state index contributed by atoms with van der Waals surface area (Å²) in [4.78, 5) is 0. The van der Waals surface area contributed by atoms with Gasteiger partial charge in [0.1, 0.15) is 0 Å². The molecule has 2 nitrogen and oxygen atoms in total. The summed E-state index contributed by atoms with van der Waals surface area (Å²) >= 11 is 0. The minimum Gasteiger partial charge on any atom is -0.302 e. The van der Waals surface area contributed by atoms with Crippen molar-refractivity contribution in [2.45, 2.75) is 45.1 Å². The largest absolute Gasteiger partial charge is 0.302 e. The molecule has 0 amide bonds. The van der Waals surface area contributed by atoms with E-state index < -0.39 is 0 Å². The molecule has 0 radical (unpaired) electrons. The number of hydrogen-bond acceptors (Lipinski definition) is 2. The molecule has 68 valence electrons. The maximum atomic E-state index is 8.40. The molecule has 1 aliphatic carbocycles. The van der Waals surface area contributed by atoms with Gasteiger partial charge < -0.3 is 5.32 Å². The van der Waals surface area contributed by atoms with Gasteiger partial charge >= 0.3 is 0 Å². The molecule has 0 aromatic heterocycles. The van der Waals surface area contributed by atoms with Gasteiger partial charge in [0.2, 0.25) is 0 Å². The second-order valence-corrected chi connectivity index (χ2v) is 3.73. The normalized spacial score (nSPS) is 21.7. The maximum Gasteiger partial charge on any atom is 0.0843 e. The van der Waals surface area contributed by atoms with Gasteiger partial charge in [-0.15, -0.1) is 0 Å². The number of hydrogen-bond donors (Lipinski definition) is 1. The predicted octanol–water partition coefficient (Wildman–Crippen LogP) is 2.07. The highest BCUT2D eigenvalue weighted by atomic mass is 14.9. The molecule has 0 heterocycles. The quantitative estimate of drug-likeness (QED) is 0.651. The molecule has 0 saturated heterocycles. The van der Waals surface area contributed by atoms with Gasteiger partial charge in [-0.05, 0) is 25.7 Å². The van der Waals surface area contributed by atoms with E-state index in [-0.39, 0.29) is 0 Å². The van der Waals surface area contributed by atoms with E-state index in [0.29, 0.717) is 12.6 Å². The van der Waals surface area contributed by atoms with Crippen molar-refractivity contribution in [1.29, 1.82) is 5.26 Å². The zero-order valence-corrected chi connectivity index (χ0v) is 7.84. The first-order valence-corrected chi connectivity index (χ1v) is 4.95. The summed E-state index contributed by atoms with van der Waals surface area (Å²) < 4.78 is 0. The first kappa shape index (κ1) is 9.54. The molecule has 1 atom stereocenters. The van der Waals surface area contributed by atoms with Gasteiger partial charge in [0.15, 0.2) is 0 Å². The summed E-state index contributed by atoms with van der Waals surface area (Å²) in [6.07, 6.45) is 6.85. The zero-order chi connectivity index (χ0) is 8.81. The number of rotatable bonds is 3. The van der Waals surface area contributed by atoms with Crippen molar-refractivity contribution in [2.75, 3.05) is 6.54 Å². The third kappa shape index (κ3) is 2.83. The molecule has 0 aromatic rings. The Balaban J connectivity index is 2.21. The maximum absolute atomic E-state index is 8.40. The smallest absolute Gasteiger partial charge is 0.0843 e. The van der Waals surface area contributed by atoms with Crippen molar-refractivity contribution in [3.8, 4) is 6.07 Å². The van der Waals surface area contributed by atoms with Crippen LogP contribution in [0.2, 0.25) is 0 Å². The number of nitrogens with zero attached hydrogens (tertiary/aromatic N) is 1. The Kier molecular flexibility index (Phi) is 4.10. The highest BCUT2D eigenvalue weighted by Crippen LogP contribution is 2.25. The van der Waals surface area contributed by atoms with Gasteiger partial charge in [0, 0.05) is 6.04 Å². The van der Waals surface area contributed by atoms with Crippen LogP contribution in [0.1, 0.15) is 39.0 Å². The molecule has 12 heavy (non-hydrogen) atoms. The van der Waals surface area contributed by atoms with E-state index in [0.717, 1.165) is 5.92 Å². The molecule has 0 unspecified atom stereocenters. The lowest BCUT2D eigenvalue weighted by Crippen LogP contribution is -2.34. The zero-order valence-electron chi connectivity index (χ0n) is 7.84. The Morgan fingerprint density at radius 2 is 2.08 bits per heavy atom. The Morgan fingerprint density at radius 3 is 2.67 bits per heavy atom. The van der Waals surface area contributed by atoms with E-state index in [2.05, 4.69) is 18.3 Å². The van der Waals surface area contributed by atoms with Crippen molar-refractivity contribution in [3.63, 3.8) is 0 Å². The fourth-order valence-corrected chi connectivity index (χ4v) is 2.01. The summed E-state index contributed by atoms with van der Waals surface area (Å²) in [5, 5.41) is 11.6. The van der Waals surface area contributed by atoms with Crippen LogP contribution in [0.25, 0.3) is 0 Å². The summed E-state index contributed by atoms with van der Waals surface area (Å²) in [5.74, 6) is 0.812. The molecule has 1 saturated carbocycles. The Bertz CT molecular complexity index is 154. The number of nitrogens with one attached hydrogen (secondary N) is 1. The van der Waals surface area contributed by atoms with Gasteiger partial charge in [0.05, 0.1) is 12.6 Å². The molecule has 0 aliphatic heterocycles. The van der Waals surface area contributed by atoms with Crippen LogP contribution >= 0.6 is 0 Å². The van der Waals surface area contributed by atoms with Gasteiger partial charge in [-0.2, -0.15) is 5.26 Å². The highest BCUT2D eigenvalue weighted by Gasteiger charge is 2.18. The molecule has 0 aromatic carbocycles. The van der Waals surface area contributed by atoms with Crippen LogP contribution in [0, 0.1) is 17.2 Å². The van der Waals surface area contributed by atoms with Gasteiger partial charge in [-0.25, -0.2) is 0 Å². The topological polar surface area (TPSA) is 35.8 Å². The highest BCUT2D eigenvalue weighted by molar-refractivity contribution is 4.80. The first-order chi connectivity index (χ1) is 5.84.